The van der Waals surface area contributed by atoms with Gasteiger partial charge in [-0.1, -0.05) is 19.8 Å². The minimum absolute atomic E-state index is 0.424. The van der Waals surface area contributed by atoms with Crippen LogP contribution in [0.1, 0.15) is 26.2 Å². The van der Waals surface area contributed by atoms with E-state index >= 15 is 0 Å². The Kier molecular flexibility index (Phi) is 5.10. The minimum Gasteiger partial charge on any atom is -0.480 e. The van der Waals surface area contributed by atoms with Crippen molar-refractivity contribution >= 4 is 39.2 Å². The number of amides is 2. The number of fused-ring (bicyclic) bond motifs is 1. The molecule has 0 aliphatic heterocycles. The van der Waals surface area contributed by atoms with Crippen LogP contribution in [-0.2, 0) is 4.79 Å². The van der Waals surface area contributed by atoms with Crippen LogP contribution < -0.4 is 10.6 Å². The molecule has 6 nitrogen and oxygen atoms in total. The van der Waals surface area contributed by atoms with E-state index in [2.05, 4.69) is 15.6 Å². The highest BCUT2D eigenvalue weighted by molar-refractivity contribution is 7.16. The molecule has 0 aliphatic carbocycles. The lowest BCUT2D eigenvalue weighted by atomic mass is 10.1. The maximum absolute atomic E-state index is 11.9. The molecule has 0 saturated heterocycles. The minimum atomic E-state index is -1.02. The van der Waals surface area contributed by atoms with Crippen LogP contribution in [0.2, 0.25) is 0 Å². The fourth-order valence-corrected chi connectivity index (χ4v) is 2.64. The second kappa shape index (κ2) is 7.03. The molecule has 7 heteroatoms. The fraction of sp³-hybridized carbons (Fsp3) is 0.357. The molecule has 21 heavy (non-hydrogen) atoms. The average Bonchev–Trinajstić information content (AvgIpc) is 2.90. The topological polar surface area (TPSA) is 91.3 Å². The Morgan fingerprint density at radius 2 is 2.24 bits per heavy atom. The number of carboxylic acids is 1. The lowest BCUT2D eigenvalue weighted by molar-refractivity contribution is -0.139. The molecule has 0 bridgehead atoms. The Morgan fingerprint density at radius 1 is 1.43 bits per heavy atom. The van der Waals surface area contributed by atoms with E-state index in [1.54, 1.807) is 11.6 Å². The van der Waals surface area contributed by atoms with Crippen LogP contribution in [0.4, 0.5) is 10.5 Å². The predicted octanol–water partition coefficient (Wildman–Crippen LogP) is 3.06. The number of aromatic nitrogens is 1. The Hall–Kier alpha value is -2.15. The molecule has 1 unspecified atom stereocenters. The lowest BCUT2D eigenvalue weighted by Crippen LogP contribution is -2.42. The molecule has 112 valence electrons. The molecule has 1 atom stereocenters. The van der Waals surface area contributed by atoms with Gasteiger partial charge in [0.2, 0.25) is 0 Å². The summed E-state index contributed by atoms with van der Waals surface area (Å²) in [6.45, 7) is 1.98. The van der Waals surface area contributed by atoms with E-state index < -0.39 is 18.0 Å². The lowest BCUT2D eigenvalue weighted by Gasteiger charge is -2.14. The Balaban J connectivity index is 1.97. The van der Waals surface area contributed by atoms with Crippen LogP contribution in [0.15, 0.2) is 23.7 Å². The number of carboxylic acid groups (broad SMARTS) is 1. The number of urea groups is 1. The van der Waals surface area contributed by atoms with E-state index in [0.717, 1.165) is 23.1 Å². The van der Waals surface area contributed by atoms with Crippen LogP contribution in [-0.4, -0.2) is 28.1 Å². The summed E-state index contributed by atoms with van der Waals surface area (Å²) in [7, 11) is 0. The molecule has 0 saturated carbocycles. The maximum Gasteiger partial charge on any atom is 0.326 e. The number of thiazole rings is 1. The molecule has 2 amide bonds. The second-order valence-electron chi connectivity index (χ2n) is 4.67. The molecule has 1 heterocycles. The number of unbranched alkanes of at least 4 members (excludes halogenated alkanes) is 1. The molecular formula is C14H17N3O3S. The Bertz CT molecular complexity index is 641. The highest BCUT2D eigenvalue weighted by atomic mass is 32.1. The molecule has 3 N–H and O–H groups in total. The zero-order chi connectivity index (χ0) is 15.2. The van der Waals surface area contributed by atoms with Crippen molar-refractivity contribution in [3.8, 4) is 0 Å². The van der Waals surface area contributed by atoms with Crippen molar-refractivity contribution in [3.05, 3.63) is 23.7 Å². The van der Waals surface area contributed by atoms with Gasteiger partial charge in [-0.15, -0.1) is 11.3 Å². The summed E-state index contributed by atoms with van der Waals surface area (Å²) in [4.78, 5) is 27.1. The van der Waals surface area contributed by atoms with E-state index in [-0.39, 0.29) is 0 Å². The van der Waals surface area contributed by atoms with Crippen LogP contribution in [0.3, 0.4) is 0 Å². The first-order valence-corrected chi connectivity index (χ1v) is 7.61. The molecule has 2 aromatic rings. The van der Waals surface area contributed by atoms with Crippen LogP contribution >= 0.6 is 11.3 Å². The van der Waals surface area contributed by atoms with Gasteiger partial charge in [-0.3, -0.25) is 0 Å². The summed E-state index contributed by atoms with van der Waals surface area (Å²) in [6, 6.07) is 3.99. The van der Waals surface area contributed by atoms with Gasteiger partial charge in [-0.25, -0.2) is 14.6 Å². The van der Waals surface area contributed by atoms with Crippen molar-refractivity contribution in [2.45, 2.75) is 32.2 Å². The van der Waals surface area contributed by atoms with Crippen LogP contribution in [0, 0.1) is 0 Å². The van der Waals surface area contributed by atoms with E-state index in [9.17, 15) is 9.59 Å². The SMILES string of the molecule is CCCCC(NC(=O)Nc1ccc2ncsc2c1)C(=O)O. The van der Waals surface area contributed by atoms with Crippen molar-refractivity contribution in [2.75, 3.05) is 5.32 Å². The van der Waals surface area contributed by atoms with Gasteiger partial charge in [-0.2, -0.15) is 0 Å². The van der Waals surface area contributed by atoms with Gasteiger partial charge in [0, 0.05) is 5.69 Å². The average molecular weight is 307 g/mol. The largest absolute Gasteiger partial charge is 0.480 e. The molecular weight excluding hydrogens is 290 g/mol. The molecule has 1 aromatic heterocycles. The summed E-state index contributed by atoms with van der Waals surface area (Å²) in [5.41, 5.74) is 3.22. The summed E-state index contributed by atoms with van der Waals surface area (Å²) < 4.78 is 0.966. The fourth-order valence-electron chi connectivity index (χ4n) is 1.92. The molecule has 2 rings (SSSR count). The van der Waals surface area contributed by atoms with E-state index in [1.165, 1.54) is 11.3 Å². The number of hydrogen-bond acceptors (Lipinski definition) is 4. The van der Waals surface area contributed by atoms with Crippen molar-refractivity contribution in [1.82, 2.24) is 10.3 Å². The molecule has 0 aliphatic rings. The van der Waals surface area contributed by atoms with E-state index in [0.29, 0.717) is 12.1 Å². The number of hydrogen-bond donors (Lipinski definition) is 3. The first kappa shape index (κ1) is 15.2. The van der Waals surface area contributed by atoms with Crippen molar-refractivity contribution in [2.24, 2.45) is 0 Å². The third kappa shape index (κ3) is 4.16. The Morgan fingerprint density at radius 3 is 2.95 bits per heavy atom. The molecule has 1 aromatic carbocycles. The van der Waals surface area contributed by atoms with Gasteiger partial charge in [0.15, 0.2) is 0 Å². The summed E-state index contributed by atoms with van der Waals surface area (Å²) in [5.74, 6) is -1.02. The monoisotopic (exact) mass is 307 g/mol. The summed E-state index contributed by atoms with van der Waals surface area (Å²) >= 11 is 1.48. The third-order valence-corrected chi connectivity index (χ3v) is 3.83. The third-order valence-electron chi connectivity index (χ3n) is 3.04. The van der Waals surface area contributed by atoms with Crippen LogP contribution in [0.5, 0.6) is 0 Å². The van der Waals surface area contributed by atoms with Gasteiger partial charge >= 0.3 is 12.0 Å². The second-order valence-corrected chi connectivity index (χ2v) is 5.55. The van der Waals surface area contributed by atoms with E-state index in [4.69, 9.17) is 5.11 Å². The van der Waals surface area contributed by atoms with Gasteiger partial charge < -0.3 is 15.7 Å². The Labute approximate surface area is 126 Å². The molecule has 0 spiro atoms. The van der Waals surface area contributed by atoms with Gasteiger partial charge in [-0.05, 0) is 24.6 Å². The zero-order valence-electron chi connectivity index (χ0n) is 11.6. The van der Waals surface area contributed by atoms with Crippen molar-refractivity contribution in [3.63, 3.8) is 0 Å². The quantitative estimate of drug-likeness (QED) is 0.765. The number of benzene rings is 1. The maximum atomic E-state index is 11.9. The van der Waals surface area contributed by atoms with Gasteiger partial charge in [0.05, 0.1) is 15.7 Å². The smallest absolute Gasteiger partial charge is 0.326 e. The van der Waals surface area contributed by atoms with Gasteiger partial charge in [0.1, 0.15) is 6.04 Å². The van der Waals surface area contributed by atoms with Crippen molar-refractivity contribution in [1.29, 1.82) is 0 Å². The first-order chi connectivity index (χ1) is 10.1. The summed E-state index contributed by atoms with van der Waals surface area (Å²) in [5, 5.41) is 14.2. The summed E-state index contributed by atoms with van der Waals surface area (Å²) in [6.07, 6.45) is 2.06. The predicted molar refractivity (Wildman–Crippen MR) is 82.7 cm³/mol. The number of nitrogens with one attached hydrogen (secondary N) is 2. The normalized spacial score (nSPS) is 12.0. The highest BCUT2D eigenvalue weighted by Crippen LogP contribution is 2.21. The molecule has 0 fully saturated rings. The number of rotatable bonds is 6. The number of aliphatic carboxylic acids is 1. The first-order valence-electron chi connectivity index (χ1n) is 6.73. The van der Waals surface area contributed by atoms with Crippen molar-refractivity contribution < 1.29 is 14.7 Å². The van der Waals surface area contributed by atoms with Crippen LogP contribution in [0.25, 0.3) is 10.2 Å². The van der Waals surface area contributed by atoms with Gasteiger partial charge in [0.25, 0.3) is 0 Å². The molecule has 0 radical (unpaired) electrons. The number of carbonyl (C=O) groups is 2. The highest BCUT2D eigenvalue weighted by Gasteiger charge is 2.19. The standard InChI is InChI=1S/C14H17N3O3S/c1-2-3-4-11(13(18)19)17-14(20)16-9-5-6-10-12(7-9)21-8-15-10/h5-8,11H,2-4H2,1H3,(H,18,19)(H2,16,17,20). The number of nitrogens with zero attached hydrogens (tertiary/aromatic N) is 1. The van der Waals surface area contributed by atoms with E-state index in [1.807, 2.05) is 19.1 Å². The zero-order valence-corrected chi connectivity index (χ0v) is 12.4. The number of anilines is 1. The number of carbonyl (C=O) groups excluding carboxylic acids is 1.